The Balaban J connectivity index is 2.03. The first-order valence-electron chi connectivity index (χ1n) is 10.6. The van der Waals surface area contributed by atoms with Gasteiger partial charge in [-0.25, -0.2) is 0 Å². The van der Waals surface area contributed by atoms with Crippen LogP contribution in [0.5, 0.6) is 17.2 Å². The van der Waals surface area contributed by atoms with E-state index in [1.54, 1.807) is 41.3 Å². The van der Waals surface area contributed by atoms with E-state index in [0.29, 0.717) is 11.5 Å². The number of benzene rings is 2. The summed E-state index contributed by atoms with van der Waals surface area (Å²) in [5, 5.41) is 42.2. The van der Waals surface area contributed by atoms with Gasteiger partial charge in [0, 0.05) is 26.2 Å². The van der Waals surface area contributed by atoms with Crippen LogP contribution in [0.1, 0.15) is 5.56 Å². The van der Waals surface area contributed by atoms with E-state index in [1.807, 2.05) is 0 Å². The Hall–Kier alpha value is -3.67. The summed E-state index contributed by atoms with van der Waals surface area (Å²) in [6.45, 7) is 0.557. The summed E-state index contributed by atoms with van der Waals surface area (Å²) in [7, 11) is 0. The van der Waals surface area contributed by atoms with Crippen LogP contribution in [-0.4, -0.2) is 88.5 Å². The molecule has 1 atom stereocenters. The van der Waals surface area contributed by atoms with Crippen molar-refractivity contribution in [2.24, 2.45) is 0 Å². The highest BCUT2D eigenvalue weighted by Crippen LogP contribution is 2.24. The Kier molecular flexibility index (Phi) is 10.8. The third-order valence-corrected chi connectivity index (χ3v) is 4.85. The van der Waals surface area contributed by atoms with Gasteiger partial charge in [-0.1, -0.05) is 12.1 Å². The van der Waals surface area contributed by atoms with Crippen LogP contribution >= 0.6 is 0 Å². The minimum absolute atomic E-state index is 0.128. The first kappa shape index (κ1) is 26.6. The second kappa shape index (κ2) is 13.8. The van der Waals surface area contributed by atoms with Crippen molar-refractivity contribution in [2.75, 3.05) is 39.3 Å². The summed E-state index contributed by atoms with van der Waals surface area (Å²) in [4.78, 5) is 35.1. The molecular weight excluding hydrogens is 446 g/mol. The van der Waals surface area contributed by atoms with Gasteiger partial charge >= 0.3 is 17.9 Å². The average molecular weight is 475 g/mol. The van der Waals surface area contributed by atoms with Crippen molar-refractivity contribution >= 4 is 17.9 Å². The van der Waals surface area contributed by atoms with Gasteiger partial charge in [0.15, 0.2) is 0 Å². The van der Waals surface area contributed by atoms with E-state index < -0.39 is 23.9 Å². The number of carboxylic acids is 3. The number of hydrogen-bond acceptors (Lipinski definition) is 8. The summed E-state index contributed by atoms with van der Waals surface area (Å²) in [6, 6.07) is 12.3. The normalized spacial score (nSPS) is 11.8. The highest BCUT2D eigenvalue weighted by atomic mass is 16.5. The molecule has 0 aliphatic rings. The summed E-state index contributed by atoms with van der Waals surface area (Å²) < 4.78 is 5.71. The van der Waals surface area contributed by atoms with Crippen molar-refractivity contribution in [3.05, 3.63) is 54.1 Å². The largest absolute Gasteiger partial charge is 0.508 e. The number of carboxylic acid groups (broad SMARTS) is 3. The molecule has 0 spiro atoms. The van der Waals surface area contributed by atoms with Crippen LogP contribution < -0.4 is 15.4 Å². The molecule has 0 fully saturated rings. The molecule has 0 aromatic heterocycles. The average Bonchev–Trinajstić information content (AvgIpc) is 2.78. The Morgan fingerprint density at radius 2 is 1.26 bits per heavy atom. The molecule has 34 heavy (non-hydrogen) atoms. The Morgan fingerprint density at radius 3 is 1.71 bits per heavy atom. The van der Waals surface area contributed by atoms with Gasteiger partial charge in [0.2, 0.25) is 0 Å². The molecule has 0 saturated heterocycles. The molecule has 6 N–H and O–H groups in total. The molecule has 0 heterocycles. The van der Waals surface area contributed by atoms with Crippen LogP contribution in [-0.2, 0) is 20.8 Å². The van der Waals surface area contributed by atoms with E-state index in [1.165, 1.54) is 12.1 Å². The Bertz CT molecular complexity index is 912. The van der Waals surface area contributed by atoms with E-state index in [2.05, 4.69) is 10.6 Å². The van der Waals surface area contributed by atoms with Gasteiger partial charge < -0.3 is 35.8 Å². The first-order chi connectivity index (χ1) is 16.2. The lowest BCUT2D eigenvalue weighted by molar-refractivity contribution is -0.143. The van der Waals surface area contributed by atoms with Crippen LogP contribution in [0.4, 0.5) is 0 Å². The topological polar surface area (TPSA) is 169 Å². The fourth-order valence-corrected chi connectivity index (χ4v) is 3.20. The minimum atomic E-state index is -1.04. The van der Waals surface area contributed by atoms with Gasteiger partial charge in [-0.2, -0.15) is 0 Å². The highest BCUT2D eigenvalue weighted by molar-refractivity contribution is 5.74. The van der Waals surface area contributed by atoms with E-state index in [0.717, 1.165) is 5.56 Å². The predicted molar refractivity (Wildman–Crippen MR) is 122 cm³/mol. The van der Waals surface area contributed by atoms with Gasteiger partial charge in [0.25, 0.3) is 0 Å². The van der Waals surface area contributed by atoms with E-state index in [4.69, 9.17) is 14.9 Å². The number of rotatable bonds is 16. The van der Waals surface area contributed by atoms with E-state index >= 15 is 0 Å². The van der Waals surface area contributed by atoms with Gasteiger partial charge in [0.05, 0.1) is 13.1 Å². The molecule has 0 radical (unpaired) electrons. The molecule has 11 heteroatoms. The number of aliphatic carboxylic acids is 3. The number of aromatic hydroxyl groups is 1. The van der Waals surface area contributed by atoms with Crippen LogP contribution in [0.2, 0.25) is 0 Å². The lowest BCUT2D eigenvalue weighted by atomic mass is 10.0. The van der Waals surface area contributed by atoms with Crippen molar-refractivity contribution < 1.29 is 39.5 Å². The molecule has 0 saturated carbocycles. The van der Waals surface area contributed by atoms with Crippen LogP contribution in [0.25, 0.3) is 0 Å². The maximum atomic E-state index is 12.0. The second-order valence-electron chi connectivity index (χ2n) is 7.48. The van der Waals surface area contributed by atoms with Gasteiger partial charge in [-0.15, -0.1) is 0 Å². The molecule has 0 amide bonds. The molecule has 0 aliphatic heterocycles. The van der Waals surface area contributed by atoms with Gasteiger partial charge in [-0.05, 0) is 48.4 Å². The van der Waals surface area contributed by atoms with E-state index in [-0.39, 0.29) is 51.4 Å². The fraction of sp³-hybridized carbons (Fsp3) is 0.348. The van der Waals surface area contributed by atoms with Crippen molar-refractivity contribution in [3.8, 4) is 17.2 Å². The molecule has 0 unspecified atom stereocenters. The zero-order valence-corrected chi connectivity index (χ0v) is 18.5. The van der Waals surface area contributed by atoms with Crippen LogP contribution in [0.15, 0.2) is 48.5 Å². The van der Waals surface area contributed by atoms with Crippen LogP contribution in [0, 0.1) is 0 Å². The van der Waals surface area contributed by atoms with Gasteiger partial charge in [0.1, 0.15) is 23.3 Å². The third-order valence-electron chi connectivity index (χ3n) is 4.85. The molecular formula is C23H29N3O8. The van der Waals surface area contributed by atoms with Gasteiger partial charge in [-0.3, -0.25) is 19.3 Å². The lowest BCUT2D eigenvalue weighted by Gasteiger charge is -2.29. The predicted octanol–water partition coefficient (Wildman–Crippen LogP) is 0.831. The minimum Gasteiger partial charge on any atom is -0.508 e. The number of hydrogen-bond donors (Lipinski definition) is 6. The quantitative estimate of drug-likeness (QED) is 0.190. The number of phenols is 1. The smallest absolute Gasteiger partial charge is 0.321 e. The van der Waals surface area contributed by atoms with Crippen LogP contribution in [0.3, 0.4) is 0 Å². The van der Waals surface area contributed by atoms with Crippen molar-refractivity contribution in [1.29, 1.82) is 0 Å². The number of nitrogens with one attached hydrogen (secondary N) is 2. The third kappa shape index (κ3) is 9.86. The van der Waals surface area contributed by atoms with E-state index in [9.17, 15) is 24.6 Å². The van der Waals surface area contributed by atoms with Crippen molar-refractivity contribution in [3.63, 3.8) is 0 Å². The zero-order valence-electron chi connectivity index (χ0n) is 18.5. The maximum absolute atomic E-state index is 12.0. The molecule has 184 valence electrons. The molecule has 2 aromatic carbocycles. The standard InChI is InChI=1S/C23H29N3O8/c27-17-3-7-19(8-4-17)34-18-5-1-16(2-6-18)13-20(23(32)33)26(11-9-24-14-21(28)29)12-10-25-15-22(30)31/h1-8,20,24-25,27H,9-15H2,(H,28,29)(H,30,31)(H,32,33)/t20-/m0/s1. The lowest BCUT2D eigenvalue weighted by Crippen LogP contribution is -2.48. The summed E-state index contributed by atoms with van der Waals surface area (Å²) in [6.07, 6.45) is 0.187. The molecule has 11 nitrogen and oxygen atoms in total. The maximum Gasteiger partial charge on any atom is 0.321 e. The molecule has 0 bridgehead atoms. The number of nitrogens with zero attached hydrogens (tertiary/aromatic N) is 1. The van der Waals surface area contributed by atoms with Crippen molar-refractivity contribution in [1.82, 2.24) is 15.5 Å². The highest BCUT2D eigenvalue weighted by Gasteiger charge is 2.25. The molecule has 0 aliphatic carbocycles. The van der Waals surface area contributed by atoms with Crippen molar-refractivity contribution in [2.45, 2.75) is 12.5 Å². The second-order valence-corrected chi connectivity index (χ2v) is 7.48. The molecule has 2 rings (SSSR count). The molecule has 2 aromatic rings. The summed E-state index contributed by atoms with van der Waals surface area (Å²) >= 11 is 0. The number of ether oxygens (including phenoxy) is 1. The summed E-state index contributed by atoms with van der Waals surface area (Å²) in [5.74, 6) is -1.85. The zero-order chi connectivity index (χ0) is 24.9. The monoisotopic (exact) mass is 475 g/mol. The SMILES string of the molecule is O=C(O)CNCCN(CCNCC(=O)O)[C@@H](Cc1ccc(Oc2ccc(O)cc2)cc1)C(=O)O. The Morgan fingerprint density at radius 1 is 0.794 bits per heavy atom. The first-order valence-corrected chi connectivity index (χ1v) is 10.6. The summed E-state index contributed by atoms with van der Waals surface area (Å²) in [5.41, 5.74) is 0.757. The Labute approximate surface area is 196 Å². The number of phenolic OH excluding ortho intramolecular Hbond substituents is 1. The number of carbonyl (C=O) groups is 3. The fourth-order valence-electron chi connectivity index (χ4n) is 3.20.